The molecule has 3 rings (SSSR count). The quantitative estimate of drug-likeness (QED) is 0.629. The molecule has 1 aliphatic heterocycles. The summed E-state index contributed by atoms with van der Waals surface area (Å²) in [5, 5.41) is 1.25. The highest BCUT2D eigenvalue weighted by atomic mass is 16.5. The summed E-state index contributed by atoms with van der Waals surface area (Å²) >= 11 is 0. The van der Waals surface area contributed by atoms with Crippen molar-refractivity contribution in [3.8, 4) is 11.5 Å². The molecule has 1 N–H and O–H groups in total. The highest BCUT2D eigenvalue weighted by Crippen LogP contribution is 2.32. The van der Waals surface area contributed by atoms with Crippen molar-refractivity contribution >= 4 is 23.6 Å². The van der Waals surface area contributed by atoms with Gasteiger partial charge < -0.3 is 9.47 Å². The van der Waals surface area contributed by atoms with Gasteiger partial charge in [0.15, 0.2) is 11.5 Å². The monoisotopic (exact) mass is 366 g/mol. The van der Waals surface area contributed by atoms with Gasteiger partial charge in [0.05, 0.1) is 18.9 Å². The van der Waals surface area contributed by atoms with Crippen molar-refractivity contribution in [2.75, 3.05) is 18.2 Å². The van der Waals surface area contributed by atoms with Crippen LogP contribution < -0.4 is 19.9 Å². The number of hydrogen-bond donors (Lipinski definition) is 1. The van der Waals surface area contributed by atoms with E-state index in [1.165, 1.54) is 5.01 Å². The SMILES string of the molecule is CCOc1cc(C)c(C=C2C(=O)NN(c3ccccc3)C2=O)cc1OCC. The molecular formula is C21H22N2O4. The number of ether oxygens (including phenoxy) is 2. The highest BCUT2D eigenvalue weighted by Gasteiger charge is 2.34. The highest BCUT2D eigenvalue weighted by molar-refractivity contribution is 6.31. The molecule has 6 nitrogen and oxygen atoms in total. The number of amides is 2. The molecule has 0 unspecified atom stereocenters. The Bertz CT molecular complexity index is 891. The smallest absolute Gasteiger partial charge is 0.282 e. The third-order valence-electron chi connectivity index (χ3n) is 4.14. The second kappa shape index (κ2) is 7.95. The zero-order chi connectivity index (χ0) is 19.4. The first-order chi connectivity index (χ1) is 13.0. The molecule has 0 bridgehead atoms. The zero-order valence-corrected chi connectivity index (χ0v) is 15.6. The van der Waals surface area contributed by atoms with Crippen LogP contribution in [0.25, 0.3) is 6.08 Å². The minimum absolute atomic E-state index is 0.0774. The summed E-state index contributed by atoms with van der Waals surface area (Å²) in [7, 11) is 0. The van der Waals surface area contributed by atoms with Crippen LogP contribution in [0.5, 0.6) is 11.5 Å². The molecule has 2 amide bonds. The number of aryl methyl sites for hydroxylation is 1. The maximum absolute atomic E-state index is 12.7. The molecule has 2 aromatic carbocycles. The van der Waals surface area contributed by atoms with Crippen molar-refractivity contribution in [3.63, 3.8) is 0 Å². The van der Waals surface area contributed by atoms with Gasteiger partial charge in [0, 0.05) is 0 Å². The average Bonchev–Trinajstić information content (AvgIpc) is 2.94. The molecule has 0 saturated carbocycles. The molecule has 1 saturated heterocycles. The Hall–Kier alpha value is -3.28. The van der Waals surface area contributed by atoms with Crippen LogP contribution >= 0.6 is 0 Å². The van der Waals surface area contributed by atoms with E-state index in [-0.39, 0.29) is 5.57 Å². The Labute approximate surface area is 158 Å². The van der Waals surface area contributed by atoms with E-state index in [0.29, 0.717) is 30.4 Å². The molecular weight excluding hydrogens is 344 g/mol. The van der Waals surface area contributed by atoms with E-state index in [0.717, 1.165) is 11.1 Å². The van der Waals surface area contributed by atoms with E-state index in [1.807, 2.05) is 32.9 Å². The van der Waals surface area contributed by atoms with Gasteiger partial charge in [0.2, 0.25) is 0 Å². The zero-order valence-electron chi connectivity index (χ0n) is 15.6. The van der Waals surface area contributed by atoms with Crippen LogP contribution in [-0.4, -0.2) is 25.0 Å². The van der Waals surface area contributed by atoms with E-state index >= 15 is 0 Å². The Balaban J connectivity index is 1.97. The first kappa shape index (κ1) is 18.5. The van der Waals surface area contributed by atoms with Gasteiger partial charge in [-0.3, -0.25) is 15.0 Å². The third-order valence-corrected chi connectivity index (χ3v) is 4.14. The van der Waals surface area contributed by atoms with E-state index in [2.05, 4.69) is 5.43 Å². The molecule has 0 atom stereocenters. The predicted molar refractivity (Wildman–Crippen MR) is 104 cm³/mol. The van der Waals surface area contributed by atoms with Gasteiger partial charge in [-0.25, -0.2) is 5.01 Å². The molecule has 27 heavy (non-hydrogen) atoms. The van der Waals surface area contributed by atoms with Crippen molar-refractivity contribution in [1.29, 1.82) is 0 Å². The fourth-order valence-electron chi connectivity index (χ4n) is 2.84. The topological polar surface area (TPSA) is 67.9 Å². The lowest BCUT2D eigenvalue weighted by molar-refractivity contribution is -0.117. The lowest BCUT2D eigenvalue weighted by atomic mass is 10.0. The number of benzene rings is 2. The second-order valence-corrected chi connectivity index (χ2v) is 6.00. The fraction of sp³-hybridized carbons (Fsp3) is 0.238. The molecule has 1 heterocycles. The maximum Gasteiger partial charge on any atom is 0.282 e. The third kappa shape index (κ3) is 3.79. The molecule has 6 heteroatoms. The average molecular weight is 366 g/mol. The number of carbonyl (C=O) groups is 2. The Morgan fingerprint density at radius 2 is 1.63 bits per heavy atom. The normalized spacial score (nSPS) is 15.2. The van der Waals surface area contributed by atoms with Gasteiger partial charge in [0.25, 0.3) is 11.8 Å². The Morgan fingerprint density at radius 3 is 2.26 bits per heavy atom. The summed E-state index contributed by atoms with van der Waals surface area (Å²) in [6.07, 6.45) is 1.59. The number of anilines is 1. The lowest BCUT2D eigenvalue weighted by Crippen LogP contribution is -2.35. The summed E-state index contributed by atoms with van der Waals surface area (Å²) in [4.78, 5) is 25.1. The summed E-state index contributed by atoms with van der Waals surface area (Å²) in [6, 6.07) is 12.6. The number of nitrogens with one attached hydrogen (secondary N) is 1. The molecule has 0 aromatic heterocycles. The number of hydrogen-bond acceptors (Lipinski definition) is 4. The number of rotatable bonds is 6. The Kier molecular flexibility index (Phi) is 5.45. The molecule has 140 valence electrons. The van der Waals surface area contributed by atoms with Gasteiger partial charge in [0.1, 0.15) is 5.57 Å². The van der Waals surface area contributed by atoms with Crippen LogP contribution in [0.2, 0.25) is 0 Å². The predicted octanol–water partition coefficient (Wildman–Crippen LogP) is 3.25. The van der Waals surface area contributed by atoms with Crippen LogP contribution in [0.4, 0.5) is 5.69 Å². The number of hydrazine groups is 1. The van der Waals surface area contributed by atoms with Gasteiger partial charge in [-0.1, -0.05) is 18.2 Å². The van der Waals surface area contributed by atoms with Crippen molar-refractivity contribution < 1.29 is 19.1 Å². The first-order valence-corrected chi connectivity index (χ1v) is 8.87. The summed E-state index contributed by atoms with van der Waals surface area (Å²) in [5.41, 5.74) is 4.90. The molecule has 2 aromatic rings. The number of carbonyl (C=O) groups excluding carboxylic acids is 2. The molecule has 0 aliphatic carbocycles. The van der Waals surface area contributed by atoms with E-state index in [9.17, 15) is 9.59 Å². The van der Waals surface area contributed by atoms with Gasteiger partial charge >= 0.3 is 0 Å². The van der Waals surface area contributed by atoms with E-state index in [1.54, 1.807) is 36.4 Å². The summed E-state index contributed by atoms with van der Waals surface area (Å²) in [5.74, 6) is 0.405. The van der Waals surface area contributed by atoms with Gasteiger partial charge in [-0.05, 0) is 62.2 Å². The second-order valence-electron chi connectivity index (χ2n) is 6.00. The maximum atomic E-state index is 12.7. The molecule has 1 fully saturated rings. The van der Waals surface area contributed by atoms with E-state index in [4.69, 9.17) is 9.47 Å². The molecule has 0 spiro atoms. The Morgan fingerprint density at radius 1 is 1.00 bits per heavy atom. The summed E-state index contributed by atoms with van der Waals surface area (Å²) < 4.78 is 11.3. The van der Waals surface area contributed by atoms with Gasteiger partial charge in [-0.2, -0.15) is 0 Å². The van der Waals surface area contributed by atoms with Crippen LogP contribution in [0.1, 0.15) is 25.0 Å². The minimum Gasteiger partial charge on any atom is -0.490 e. The minimum atomic E-state index is -0.435. The van der Waals surface area contributed by atoms with Gasteiger partial charge in [-0.15, -0.1) is 0 Å². The standard InChI is InChI=1S/C21H22N2O4/c1-4-26-18-11-14(3)15(13-19(18)27-5-2)12-17-20(24)22-23(21(17)25)16-9-7-6-8-10-16/h6-13H,4-5H2,1-3H3,(H,22,24). The lowest BCUT2D eigenvalue weighted by Gasteiger charge is -2.14. The molecule has 1 aliphatic rings. The number of para-hydroxylation sites is 1. The molecule has 0 radical (unpaired) electrons. The number of nitrogens with zero attached hydrogens (tertiary/aromatic N) is 1. The summed E-state index contributed by atoms with van der Waals surface area (Å²) in [6.45, 7) is 6.70. The van der Waals surface area contributed by atoms with Crippen molar-refractivity contribution in [3.05, 3.63) is 59.2 Å². The first-order valence-electron chi connectivity index (χ1n) is 8.87. The van der Waals surface area contributed by atoms with Crippen LogP contribution in [0.3, 0.4) is 0 Å². The van der Waals surface area contributed by atoms with Crippen molar-refractivity contribution in [1.82, 2.24) is 5.43 Å². The van der Waals surface area contributed by atoms with E-state index < -0.39 is 11.8 Å². The largest absolute Gasteiger partial charge is 0.490 e. The van der Waals surface area contributed by atoms with Crippen LogP contribution in [0, 0.1) is 6.92 Å². The van der Waals surface area contributed by atoms with Crippen LogP contribution in [-0.2, 0) is 9.59 Å². The fourth-order valence-corrected chi connectivity index (χ4v) is 2.84. The van der Waals surface area contributed by atoms with Crippen LogP contribution in [0.15, 0.2) is 48.0 Å². The van der Waals surface area contributed by atoms with Crippen molar-refractivity contribution in [2.45, 2.75) is 20.8 Å². The van der Waals surface area contributed by atoms with Crippen molar-refractivity contribution in [2.24, 2.45) is 0 Å².